The van der Waals surface area contributed by atoms with Crippen molar-refractivity contribution in [1.29, 1.82) is 0 Å². The lowest BCUT2D eigenvalue weighted by Gasteiger charge is -2.11. The van der Waals surface area contributed by atoms with Crippen molar-refractivity contribution in [2.75, 3.05) is 17.7 Å². The Morgan fingerprint density at radius 1 is 1.23 bits per heavy atom. The van der Waals surface area contributed by atoms with Crippen LogP contribution in [-0.2, 0) is 28.9 Å². The van der Waals surface area contributed by atoms with Crippen LogP contribution in [0.3, 0.4) is 0 Å². The number of ether oxygens (including phenoxy) is 1. The van der Waals surface area contributed by atoms with Gasteiger partial charge < -0.3 is 10.1 Å². The average molecular weight is 532 g/mol. The van der Waals surface area contributed by atoms with Crippen molar-refractivity contribution < 1.29 is 14.3 Å². The smallest absolute Gasteiger partial charge is 0.341 e. The Morgan fingerprint density at radius 2 is 2.00 bits per heavy atom. The van der Waals surface area contributed by atoms with Gasteiger partial charge in [-0.05, 0) is 57.6 Å². The molecule has 0 atom stereocenters. The van der Waals surface area contributed by atoms with E-state index in [1.807, 2.05) is 13.8 Å². The maximum atomic E-state index is 13.1. The second kappa shape index (κ2) is 11.1. The van der Waals surface area contributed by atoms with Crippen molar-refractivity contribution in [3.8, 4) is 0 Å². The van der Waals surface area contributed by atoms with E-state index in [-0.39, 0.29) is 29.8 Å². The number of aryl methyl sites for hydroxylation is 3. The van der Waals surface area contributed by atoms with Crippen molar-refractivity contribution in [1.82, 2.24) is 9.55 Å². The number of fused-ring (bicyclic) bond motifs is 2. The average Bonchev–Trinajstić information content (AvgIpc) is 3.19. The highest BCUT2D eigenvalue weighted by molar-refractivity contribution is 7.99. The molecule has 3 aromatic heterocycles. The molecule has 0 aromatic carbocycles. The lowest BCUT2D eigenvalue weighted by molar-refractivity contribution is -0.113. The molecule has 1 aliphatic carbocycles. The van der Waals surface area contributed by atoms with E-state index < -0.39 is 0 Å². The van der Waals surface area contributed by atoms with Gasteiger partial charge in [-0.1, -0.05) is 24.3 Å². The molecule has 3 aromatic rings. The molecule has 0 saturated carbocycles. The molecule has 0 unspecified atom stereocenters. The molecule has 0 bridgehead atoms. The number of allylic oxidation sites excluding steroid dienone is 1. The molecule has 7 nitrogen and oxygen atoms in total. The summed E-state index contributed by atoms with van der Waals surface area (Å²) in [6.45, 7) is 10.0. The minimum atomic E-state index is -0.384. The molecule has 0 fully saturated rings. The third kappa shape index (κ3) is 5.24. The zero-order valence-corrected chi connectivity index (χ0v) is 22.6. The maximum absolute atomic E-state index is 13.1. The standard InChI is InChI=1S/C25H29N3O4S3/c1-5-12-28-23(30)19-14(3)15(4)34-21(19)27-25(28)33-13-18(29)26-22-20(24(31)32-6-2)16-10-8-7-9-11-17(16)35-22/h5H,1,6-13H2,2-4H3,(H,26,29). The number of thiophene rings is 2. The summed E-state index contributed by atoms with van der Waals surface area (Å²) in [5, 5.41) is 4.60. The highest BCUT2D eigenvalue weighted by atomic mass is 32.2. The third-order valence-corrected chi connectivity index (χ3v) is 9.34. The molecule has 0 spiro atoms. The second-order valence-corrected chi connectivity index (χ2v) is 11.6. The second-order valence-electron chi connectivity index (χ2n) is 8.39. The summed E-state index contributed by atoms with van der Waals surface area (Å²) in [7, 11) is 0. The molecule has 3 heterocycles. The molecule has 0 radical (unpaired) electrons. The van der Waals surface area contributed by atoms with Crippen LogP contribution in [0.25, 0.3) is 10.2 Å². The van der Waals surface area contributed by atoms with Crippen LogP contribution in [-0.4, -0.2) is 33.8 Å². The molecule has 1 aliphatic rings. The highest BCUT2D eigenvalue weighted by Crippen LogP contribution is 2.38. The van der Waals surface area contributed by atoms with Crippen LogP contribution in [0.2, 0.25) is 0 Å². The van der Waals surface area contributed by atoms with Crippen LogP contribution < -0.4 is 10.9 Å². The number of aromatic nitrogens is 2. The minimum absolute atomic E-state index is 0.0588. The van der Waals surface area contributed by atoms with E-state index in [1.54, 1.807) is 17.6 Å². The summed E-state index contributed by atoms with van der Waals surface area (Å²) < 4.78 is 6.87. The summed E-state index contributed by atoms with van der Waals surface area (Å²) in [4.78, 5) is 46.5. The fourth-order valence-corrected chi connectivity index (χ4v) is 7.42. The maximum Gasteiger partial charge on any atom is 0.341 e. The summed E-state index contributed by atoms with van der Waals surface area (Å²) in [6.07, 6.45) is 6.62. The van der Waals surface area contributed by atoms with Gasteiger partial charge in [0.1, 0.15) is 9.83 Å². The van der Waals surface area contributed by atoms with Crippen molar-refractivity contribution in [3.63, 3.8) is 0 Å². The third-order valence-electron chi connectivity index (χ3n) is 6.05. The number of thioether (sulfide) groups is 1. The number of carbonyl (C=O) groups excluding carboxylic acids is 2. The summed E-state index contributed by atoms with van der Waals surface area (Å²) in [5.41, 5.74) is 2.34. The first-order valence-corrected chi connectivity index (χ1v) is 14.3. The fourth-order valence-electron chi connectivity index (χ4n) is 4.25. The summed E-state index contributed by atoms with van der Waals surface area (Å²) >= 11 is 4.17. The van der Waals surface area contributed by atoms with Crippen molar-refractivity contribution in [2.45, 2.75) is 64.6 Å². The largest absolute Gasteiger partial charge is 0.462 e. The van der Waals surface area contributed by atoms with E-state index in [2.05, 4.69) is 11.9 Å². The normalized spacial score (nSPS) is 13.3. The number of carbonyl (C=O) groups is 2. The van der Waals surface area contributed by atoms with Crippen molar-refractivity contribution >= 4 is 61.5 Å². The van der Waals surface area contributed by atoms with Crippen LogP contribution in [0.4, 0.5) is 5.00 Å². The number of amides is 1. The molecule has 1 amide bonds. The number of hydrogen-bond donors (Lipinski definition) is 1. The summed E-state index contributed by atoms with van der Waals surface area (Å²) in [6, 6.07) is 0. The molecule has 10 heteroatoms. The molecular formula is C25H29N3O4S3. The predicted molar refractivity (Wildman–Crippen MR) is 144 cm³/mol. The SMILES string of the molecule is C=CCn1c(SCC(=O)Nc2sc3c(c2C(=O)OCC)CCCCC3)nc2sc(C)c(C)c2c1=O. The van der Waals surface area contributed by atoms with Gasteiger partial charge in [-0.15, -0.1) is 29.3 Å². The number of rotatable bonds is 8. The Morgan fingerprint density at radius 3 is 2.74 bits per heavy atom. The number of nitrogens with one attached hydrogen (secondary N) is 1. The first-order chi connectivity index (χ1) is 16.8. The number of hydrogen-bond acceptors (Lipinski definition) is 8. The van der Waals surface area contributed by atoms with Crippen LogP contribution in [0.15, 0.2) is 22.6 Å². The van der Waals surface area contributed by atoms with Gasteiger partial charge in [0.05, 0.1) is 23.3 Å². The Labute approximate surface area is 216 Å². The molecule has 1 N–H and O–H groups in total. The van der Waals surface area contributed by atoms with Gasteiger partial charge in [-0.3, -0.25) is 14.2 Å². The van der Waals surface area contributed by atoms with Gasteiger partial charge in [0.15, 0.2) is 5.16 Å². The fraction of sp³-hybridized carbons (Fsp3) is 0.440. The van der Waals surface area contributed by atoms with Crippen molar-refractivity contribution in [2.24, 2.45) is 0 Å². The Bertz CT molecular complexity index is 1350. The lowest BCUT2D eigenvalue weighted by Crippen LogP contribution is -2.23. The number of anilines is 1. The molecule has 4 rings (SSSR count). The molecule has 186 valence electrons. The van der Waals surface area contributed by atoms with Crippen LogP contribution >= 0.6 is 34.4 Å². The van der Waals surface area contributed by atoms with Crippen LogP contribution in [0, 0.1) is 13.8 Å². The van der Waals surface area contributed by atoms with E-state index in [0.29, 0.717) is 32.5 Å². The predicted octanol–water partition coefficient (Wildman–Crippen LogP) is 5.50. The first kappa shape index (κ1) is 25.7. The van der Waals surface area contributed by atoms with E-state index in [4.69, 9.17) is 9.72 Å². The van der Waals surface area contributed by atoms with E-state index in [9.17, 15) is 14.4 Å². The molecule has 35 heavy (non-hydrogen) atoms. The topological polar surface area (TPSA) is 90.3 Å². The monoisotopic (exact) mass is 531 g/mol. The zero-order chi connectivity index (χ0) is 25.1. The van der Waals surface area contributed by atoms with Crippen LogP contribution in [0.1, 0.15) is 57.4 Å². The van der Waals surface area contributed by atoms with Gasteiger partial charge in [-0.2, -0.15) is 0 Å². The number of esters is 1. The lowest BCUT2D eigenvalue weighted by atomic mass is 10.1. The van der Waals surface area contributed by atoms with Crippen molar-refractivity contribution in [3.05, 3.63) is 49.5 Å². The van der Waals surface area contributed by atoms with Gasteiger partial charge in [0.25, 0.3) is 5.56 Å². The quantitative estimate of drug-likeness (QED) is 0.136. The molecule has 0 aliphatic heterocycles. The minimum Gasteiger partial charge on any atom is -0.462 e. The van der Waals surface area contributed by atoms with E-state index in [1.165, 1.54) is 34.4 Å². The first-order valence-electron chi connectivity index (χ1n) is 11.7. The van der Waals surface area contributed by atoms with Crippen LogP contribution in [0.5, 0.6) is 0 Å². The van der Waals surface area contributed by atoms with Gasteiger partial charge in [0.2, 0.25) is 5.91 Å². The highest BCUT2D eigenvalue weighted by Gasteiger charge is 2.27. The van der Waals surface area contributed by atoms with Gasteiger partial charge in [-0.25, -0.2) is 9.78 Å². The van der Waals surface area contributed by atoms with E-state index >= 15 is 0 Å². The molecule has 0 saturated heterocycles. The molecular weight excluding hydrogens is 502 g/mol. The van der Waals surface area contributed by atoms with Gasteiger partial charge >= 0.3 is 5.97 Å². The van der Waals surface area contributed by atoms with Gasteiger partial charge in [0, 0.05) is 16.3 Å². The Kier molecular flexibility index (Phi) is 8.13. The Balaban J connectivity index is 1.58. The number of nitrogens with zero attached hydrogens (tertiary/aromatic N) is 2. The zero-order valence-electron chi connectivity index (χ0n) is 20.2. The van der Waals surface area contributed by atoms with E-state index in [0.717, 1.165) is 53.0 Å². The summed E-state index contributed by atoms with van der Waals surface area (Å²) in [5.74, 6) is -0.580. The Hall–Kier alpha value is -2.43.